The first kappa shape index (κ1) is 26.5. The number of benzene rings is 2. The van der Waals surface area contributed by atoms with Crippen molar-refractivity contribution in [1.29, 1.82) is 0 Å². The third-order valence-electron chi connectivity index (χ3n) is 9.53. The van der Waals surface area contributed by atoms with Gasteiger partial charge in [0.2, 0.25) is 0 Å². The fourth-order valence-electron chi connectivity index (χ4n) is 7.14. The molecule has 5 heterocycles. The van der Waals surface area contributed by atoms with E-state index in [0.29, 0.717) is 60.3 Å². The zero-order valence-electron chi connectivity index (χ0n) is 24.0. The number of aromatic nitrogens is 4. The lowest BCUT2D eigenvalue weighted by molar-refractivity contribution is 0.165. The van der Waals surface area contributed by atoms with Crippen LogP contribution in [0.3, 0.4) is 0 Å². The van der Waals surface area contributed by atoms with Gasteiger partial charge in [-0.15, -0.1) is 6.42 Å². The van der Waals surface area contributed by atoms with E-state index in [2.05, 4.69) is 21.0 Å². The zero-order valence-corrected chi connectivity index (χ0v) is 24.0. The van der Waals surface area contributed by atoms with Crippen molar-refractivity contribution in [3.8, 4) is 35.5 Å². The lowest BCUT2D eigenvalue weighted by Crippen LogP contribution is -2.51. The number of hydrogen-bond acceptors (Lipinski definition) is 9. The normalized spacial score (nSPS) is 24.5. The van der Waals surface area contributed by atoms with Crippen molar-refractivity contribution in [3.05, 3.63) is 42.1 Å². The number of rotatable bonds is 7. The molecule has 2 unspecified atom stereocenters. The van der Waals surface area contributed by atoms with E-state index in [9.17, 15) is 9.50 Å². The molecule has 0 spiro atoms. The van der Waals surface area contributed by atoms with E-state index in [1.54, 1.807) is 18.3 Å². The Kier molecular flexibility index (Phi) is 6.35. The number of anilines is 1. The van der Waals surface area contributed by atoms with E-state index >= 15 is 0 Å². The Morgan fingerprint density at radius 3 is 2.67 bits per heavy atom. The molecule has 1 aliphatic carbocycles. The zero-order chi connectivity index (χ0) is 29.1. The summed E-state index contributed by atoms with van der Waals surface area (Å²) in [6.07, 6.45) is 11.9. The number of hydrogen-bond donors (Lipinski definition) is 2. The Hall–Kier alpha value is -4.07. The fourth-order valence-corrected chi connectivity index (χ4v) is 7.14. The van der Waals surface area contributed by atoms with Crippen LogP contribution in [0.1, 0.15) is 37.7 Å². The number of nitrogens with one attached hydrogen (secondary N) is 1. The summed E-state index contributed by atoms with van der Waals surface area (Å²) in [4.78, 5) is 23.9. The van der Waals surface area contributed by atoms with Crippen molar-refractivity contribution in [1.82, 2.24) is 30.2 Å². The van der Waals surface area contributed by atoms with Gasteiger partial charge in [-0.05, 0) is 55.7 Å². The third-order valence-corrected chi connectivity index (χ3v) is 9.53. The SMILES string of the molecule is C#Cc1cccc2cc(O)cc(-c3ncc4c(N5CC6CCC(C5)N6)nc(OCC5(CN6CC[C@@H](F)C6)CC5)nc4n3)c12. The summed E-state index contributed by atoms with van der Waals surface area (Å²) in [7, 11) is 0. The van der Waals surface area contributed by atoms with Crippen LogP contribution < -0.4 is 15.0 Å². The average molecular weight is 580 g/mol. The maximum absolute atomic E-state index is 13.8. The van der Waals surface area contributed by atoms with Crippen molar-refractivity contribution < 1.29 is 14.2 Å². The molecule has 2 N–H and O–H groups in total. The predicted octanol–water partition coefficient (Wildman–Crippen LogP) is 4.07. The Bertz CT molecular complexity index is 1760. The van der Waals surface area contributed by atoms with Gasteiger partial charge in [0.15, 0.2) is 11.5 Å². The molecular weight excluding hydrogens is 545 g/mol. The van der Waals surface area contributed by atoms with Crippen LogP contribution in [0.4, 0.5) is 10.2 Å². The quantitative estimate of drug-likeness (QED) is 0.314. The highest BCUT2D eigenvalue weighted by Gasteiger charge is 2.46. The molecule has 9 nitrogen and oxygen atoms in total. The van der Waals surface area contributed by atoms with Crippen LogP contribution in [-0.4, -0.2) is 87.5 Å². The summed E-state index contributed by atoms with van der Waals surface area (Å²) in [6, 6.07) is 10.1. The van der Waals surface area contributed by atoms with E-state index in [1.807, 2.05) is 18.2 Å². The van der Waals surface area contributed by atoms with Gasteiger partial charge < -0.3 is 20.1 Å². The minimum Gasteiger partial charge on any atom is -0.508 e. The Labute approximate surface area is 249 Å². The number of ether oxygens (including phenoxy) is 1. The van der Waals surface area contributed by atoms with Gasteiger partial charge in [-0.25, -0.2) is 14.4 Å². The first-order chi connectivity index (χ1) is 20.9. The number of phenols is 1. The summed E-state index contributed by atoms with van der Waals surface area (Å²) in [5.74, 6) is 4.06. The van der Waals surface area contributed by atoms with Gasteiger partial charge in [0, 0.05) is 72.9 Å². The predicted molar refractivity (Wildman–Crippen MR) is 163 cm³/mol. The summed E-state index contributed by atoms with van der Waals surface area (Å²) in [6.45, 7) is 4.32. The van der Waals surface area contributed by atoms with Crippen LogP contribution in [0.2, 0.25) is 0 Å². The molecule has 2 aromatic heterocycles. The fraction of sp³-hybridized carbons (Fsp3) is 0.455. The van der Waals surface area contributed by atoms with E-state index in [0.717, 1.165) is 73.8 Å². The van der Waals surface area contributed by atoms with Gasteiger partial charge >= 0.3 is 6.01 Å². The van der Waals surface area contributed by atoms with Crippen LogP contribution in [0.5, 0.6) is 11.8 Å². The smallest absolute Gasteiger partial charge is 0.320 e. The lowest BCUT2D eigenvalue weighted by atomic mass is 9.98. The van der Waals surface area contributed by atoms with Crippen LogP contribution in [0, 0.1) is 17.8 Å². The highest BCUT2D eigenvalue weighted by molar-refractivity contribution is 6.01. The van der Waals surface area contributed by atoms with Crippen molar-refractivity contribution in [2.24, 2.45) is 5.41 Å². The van der Waals surface area contributed by atoms with Crippen molar-refractivity contribution in [2.75, 3.05) is 44.2 Å². The number of phenolic OH excluding ortho intramolecular Hbond substituents is 1. The maximum Gasteiger partial charge on any atom is 0.320 e. The van der Waals surface area contributed by atoms with Crippen LogP contribution in [-0.2, 0) is 0 Å². The first-order valence-corrected chi connectivity index (χ1v) is 15.2. The summed E-state index contributed by atoms with van der Waals surface area (Å²) >= 11 is 0. The van der Waals surface area contributed by atoms with Gasteiger partial charge in [0.25, 0.3) is 0 Å². The number of piperazine rings is 1. The standard InChI is InChI=1S/C33H34FN7O2/c1-2-20-4-3-5-21-12-25(42)13-26(28(20)21)29-35-14-27-30(37-29)38-32(39-31(27)41-16-23-6-7-24(17-41)36-23)43-19-33(9-10-33)18-40-11-8-22(34)15-40/h1,3-5,12-14,22-24,36,42H,6-11,15-19H2/t22-,23?,24?/m1/s1. The molecule has 43 heavy (non-hydrogen) atoms. The monoisotopic (exact) mass is 579 g/mol. The lowest BCUT2D eigenvalue weighted by Gasteiger charge is -2.34. The molecule has 2 bridgehead atoms. The summed E-state index contributed by atoms with van der Waals surface area (Å²) in [5, 5.41) is 16.6. The molecule has 0 radical (unpaired) electrons. The van der Waals surface area contributed by atoms with Gasteiger partial charge in [-0.1, -0.05) is 18.1 Å². The molecule has 220 valence electrons. The molecule has 4 fully saturated rings. The van der Waals surface area contributed by atoms with Crippen LogP contribution in [0.15, 0.2) is 36.5 Å². The molecule has 3 atom stereocenters. The summed E-state index contributed by atoms with van der Waals surface area (Å²) in [5.41, 5.74) is 1.84. The molecule has 1 saturated carbocycles. The third kappa shape index (κ3) is 5.00. The second-order valence-corrected chi connectivity index (χ2v) is 12.8. The highest BCUT2D eigenvalue weighted by atomic mass is 19.1. The van der Waals surface area contributed by atoms with Gasteiger partial charge in [0.1, 0.15) is 17.7 Å². The minimum absolute atomic E-state index is 0.0135. The average Bonchev–Trinajstić information content (AvgIpc) is 3.53. The molecule has 4 aromatic rings. The van der Waals surface area contributed by atoms with Gasteiger partial charge in [-0.2, -0.15) is 9.97 Å². The van der Waals surface area contributed by atoms with E-state index in [1.165, 1.54) is 0 Å². The van der Waals surface area contributed by atoms with E-state index in [4.69, 9.17) is 31.1 Å². The molecule has 2 aromatic carbocycles. The Balaban J connectivity index is 1.18. The topological polar surface area (TPSA) is 99.5 Å². The largest absolute Gasteiger partial charge is 0.508 e. The molecule has 3 aliphatic heterocycles. The molecule has 3 saturated heterocycles. The van der Waals surface area contributed by atoms with Crippen molar-refractivity contribution >= 4 is 27.6 Å². The van der Waals surface area contributed by atoms with E-state index < -0.39 is 6.17 Å². The second-order valence-electron chi connectivity index (χ2n) is 12.8. The number of aromatic hydroxyl groups is 1. The number of alkyl halides is 1. The molecule has 8 rings (SSSR count). The first-order valence-electron chi connectivity index (χ1n) is 15.2. The van der Waals surface area contributed by atoms with Crippen molar-refractivity contribution in [2.45, 2.75) is 50.4 Å². The van der Waals surface area contributed by atoms with Crippen LogP contribution >= 0.6 is 0 Å². The number of nitrogens with zero attached hydrogens (tertiary/aromatic N) is 6. The minimum atomic E-state index is -0.730. The number of terminal acetylenes is 1. The Morgan fingerprint density at radius 1 is 1.09 bits per heavy atom. The van der Waals surface area contributed by atoms with Crippen molar-refractivity contribution in [3.63, 3.8) is 0 Å². The van der Waals surface area contributed by atoms with E-state index in [-0.39, 0.29) is 11.2 Å². The molecule has 4 aliphatic rings. The van der Waals surface area contributed by atoms with Gasteiger partial charge in [0.05, 0.1) is 12.0 Å². The molecule has 10 heteroatoms. The summed E-state index contributed by atoms with van der Waals surface area (Å²) < 4.78 is 20.2. The molecule has 0 amide bonds. The Morgan fingerprint density at radius 2 is 1.93 bits per heavy atom. The second kappa shape index (κ2) is 10.3. The maximum atomic E-state index is 13.8. The number of halogens is 1. The molecular formula is C33H34FN7O2. The highest BCUT2D eigenvalue weighted by Crippen LogP contribution is 2.47. The van der Waals surface area contributed by atoms with Gasteiger partial charge in [-0.3, -0.25) is 4.90 Å². The number of fused-ring (bicyclic) bond motifs is 4. The van der Waals surface area contributed by atoms with Crippen LogP contribution in [0.25, 0.3) is 33.2 Å². The number of likely N-dealkylation sites (tertiary alicyclic amines) is 1.